The van der Waals surface area contributed by atoms with Gasteiger partial charge >= 0.3 is 0 Å². The summed E-state index contributed by atoms with van der Waals surface area (Å²) in [5.41, 5.74) is 2.81. The van der Waals surface area contributed by atoms with Crippen molar-refractivity contribution in [2.24, 2.45) is 5.92 Å². The highest BCUT2D eigenvalue weighted by molar-refractivity contribution is 7.13. The molecule has 2 aromatic rings. The first-order chi connectivity index (χ1) is 12.3. The zero-order valence-corrected chi connectivity index (χ0v) is 15.2. The van der Waals surface area contributed by atoms with Crippen molar-refractivity contribution in [1.29, 1.82) is 0 Å². The molecule has 1 amide bonds. The maximum absolute atomic E-state index is 13.0. The van der Waals surface area contributed by atoms with E-state index in [1.165, 1.54) is 36.3 Å². The highest BCUT2D eigenvalue weighted by Crippen LogP contribution is 2.36. The fourth-order valence-corrected chi connectivity index (χ4v) is 4.57. The fraction of sp³-hybridized carbons (Fsp3) is 0.400. The van der Waals surface area contributed by atoms with Crippen LogP contribution in [-0.4, -0.2) is 29.4 Å². The molecular weight excluding hydrogens is 332 g/mol. The predicted octanol–water partition coefficient (Wildman–Crippen LogP) is 4.74. The van der Waals surface area contributed by atoms with Gasteiger partial charge in [-0.05, 0) is 62.3 Å². The van der Waals surface area contributed by atoms with Crippen molar-refractivity contribution >= 4 is 17.2 Å². The number of ether oxygens (including phenoxy) is 1. The molecule has 1 aliphatic heterocycles. The van der Waals surface area contributed by atoms with Crippen LogP contribution in [0.3, 0.4) is 0 Å². The molecule has 1 atom stereocenters. The van der Waals surface area contributed by atoms with E-state index in [9.17, 15) is 4.79 Å². The monoisotopic (exact) mass is 354 g/mol. The first kappa shape index (κ1) is 16.3. The number of carbonyl (C=O) groups is 1. The van der Waals surface area contributed by atoms with Crippen LogP contribution in [0.5, 0.6) is 5.75 Å². The van der Waals surface area contributed by atoms with Gasteiger partial charge in [0, 0.05) is 23.2 Å². The number of piperidine rings is 1. The van der Waals surface area contributed by atoms with E-state index >= 15 is 0 Å². The molecule has 4 nitrogen and oxygen atoms in total. The molecule has 1 fully saturated rings. The summed E-state index contributed by atoms with van der Waals surface area (Å²) in [6.45, 7) is 0.816. The van der Waals surface area contributed by atoms with Gasteiger partial charge in [0.2, 0.25) is 0 Å². The normalized spacial score (nSPS) is 20.0. The standard InChI is InChI=1S/C20H22N2O2S/c1-24-16-10-8-15(9-11-16)19-21-17(13-25-19)20(23)22-12-4-6-14-5-2-3-7-18(14)22/h7-11,13-14H,2-6,12H2,1H3. The fourth-order valence-electron chi connectivity index (χ4n) is 3.77. The SMILES string of the molecule is COc1ccc(-c2nc(C(=O)N3CCCC4CCCC=C43)cs2)cc1. The molecule has 1 aromatic carbocycles. The number of aromatic nitrogens is 1. The van der Waals surface area contributed by atoms with Gasteiger partial charge in [0.05, 0.1) is 7.11 Å². The summed E-state index contributed by atoms with van der Waals surface area (Å²) < 4.78 is 5.19. The number of benzene rings is 1. The van der Waals surface area contributed by atoms with Gasteiger partial charge in [0.1, 0.15) is 16.5 Å². The number of rotatable bonds is 3. The Balaban J connectivity index is 1.56. The minimum atomic E-state index is 0.0499. The number of hydrogen-bond acceptors (Lipinski definition) is 4. The molecule has 1 aliphatic carbocycles. The Bertz CT molecular complexity index is 794. The molecule has 130 valence electrons. The van der Waals surface area contributed by atoms with Crippen LogP contribution >= 0.6 is 11.3 Å². The minimum absolute atomic E-state index is 0.0499. The molecule has 1 aromatic heterocycles. The smallest absolute Gasteiger partial charge is 0.277 e. The van der Waals surface area contributed by atoms with Gasteiger partial charge in [-0.1, -0.05) is 6.08 Å². The quantitative estimate of drug-likeness (QED) is 0.799. The summed E-state index contributed by atoms with van der Waals surface area (Å²) in [5, 5.41) is 2.76. The number of carbonyl (C=O) groups excluding carboxylic acids is 1. The molecule has 0 radical (unpaired) electrons. The Hall–Kier alpha value is -2.14. The van der Waals surface area contributed by atoms with Crippen LogP contribution in [0.15, 0.2) is 41.4 Å². The van der Waals surface area contributed by atoms with E-state index < -0.39 is 0 Å². The van der Waals surface area contributed by atoms with Crippen molar-refractivity contribution in [3.05, 3.63) is 47.1 Å². The third-order valence-electron chi connectivity index (χ3n) is 5.08. The molecule has 0 saturated carbocycles. The highest BCUT2D eigenvalue weighted by atomic mass is 32.1. The van der Waals surface area contributed by atoms with Gasteiger partial charge in [0.15, 0.2) is 0 Å². The average molecular weight is 354 g/mol. The van der Waals surface area contributed by atoms with Gasteiger partial charge in [-0.3, -0.25) is 4.79 Å². The van der Waals surface area contributed by atoms with Gasteiger partial charge in [-0.15, -0.1) is 11.3 Å². The third-order valence-corrected chi connectivity index (χ3v) is 5.97. The first-order valence-corrected chi connectivity index (χ1v) is 9.76. The molecule has 4 rings (SSSR count). The lowest BCUT2D eigenvalue weighted by molar-refractivity contribution is 0.0744. The number of allylic oxidation sites excluding steroid dienone is 2. The number of likely N-dealkylation sites (tertiary alicyclic amines) is 1. The van der Waals surface area contributed by atoms with Crippen LogP contribution < -0.4 is 4.74 Å². The van der Waals surface area contributed by atoms with Crippen LogP contribution in [-0.2, 0) is 0 Å². The summed E-state index contributed by atoms with van der Waals surface area (Å²) >= 11 is 1.52. The number of methoxy groups -OCH3 is 1. The van der Waals surface area contributed by atoms with Crippen LogP contribution in [0.1, 0.15) is 42.6 Å². The zero-order valence-electron chi connectivity index (χ0n) is 14.4. The third kappa shape index (κ3) is 3.21. The Kier molecular flexibility index (Phi) is 4.57. The molecule has 0 bridgehead atoms. The van der Waals surface area contributed by atoms with Gasteiger partial charge in [-0.2, -0.15) is 0 Å². The number of amides is 1. The first-order valence-electron chi connectivity index (χ1n) is 8.88. The van der Waals surface area contributed by atoms with Gasteiger partial charge in [-0.25, -0.2) is 4.98 Å². The maximum Gasteiger partial charge on any atom is 0.277 e. The predicted molar refractivity (Wildman–Crippen MR) is 99.8 cm³/mol. The molecule has 1 saturated heterocycles. The van der Waals surface area contributed by atoms with Crippen molar-refractivity contribution in [2.45, 2.75) is 32.1 Å². The van der Waals surface area contributed by atoms with Crippen molar-refractivity contribution in [3.63, 3.8) is 0 Å². The van der Waals surface area contributed by atoms with Crippen molar-refractivity contribution < 1.29 is 9.53 Å². The summed E-state index contributed by atoms with van der Waals surface area (Å²) in [6, 6.07) is 7.79. The second-order valence-electron chi connectivity index (χ2n) is 6.62. The molecule has 5 heteroatoms. The minimum Gasteiger partial charge on any atom is -0.497 e. The highest BCUT2D eigenvalue weighted by Gasteiger charge is 2.31. The van der Waals surface area contributed by atoms with Crippen molar-refractivity contribution in [2.75, 3.05) is 13.7 Å². The summed E-state index contributed by atoms with van der Waals surface area (Å²) in [6.07, 6.45) is 8.11. The van der Waals surface area contributed by atoms with E-state index in [1.54, 1.807) is 7.11 Å². The van der Waals surface area contributed by atoms with Crippen LogP contribution in [0, 0.1) is 5.92 Å². The van der Waals surface area contributed by atoms with Crippen molar-refractivity contribution in [1.82, 2.24) is 9.88 Å². The average Bonchev–Trinajstić information content (AvgIpc) is 3.17. The summed E-state index contributed by atoms with van der Waals surface area (Å²) in [7, 11) is 1.65. The Morgan fingerprint density at radius 2 is 2.04 bits per heavy atom. The number of thiazole rings is 1. The molecule has 0 spiro atoms. The van der Waals surface area contributed by atoms with E-state index in [-0.39, 0.29) is 5.91 Å². The number of hydrogen-bond donors (Lipinski definition) is 0. The van der Waals surface area contributed by atoms with Gasteiger partial charge in [0.25, 0.3) is 5.91 Å². The van der Waals surface area contributed by atoms with E-state index in [4.69, 9.17) is 4.74 Å². The number of fused-ring (bicyclic) bond motifs is 1. The van der Waals surface area contributed by atoms with Crippen molar-refractivity contribution in [3.8, 4) is 16.3 Å². The van der Waals surface area contributed by atoms with Crippen LogP contribution in [0.25, 0.3) is 10.6 Å². The largest absolute Gasteiger partial charge is 0.497 e. The van der Waals surface area contributed by atoms with Crippen LogP contribution in [0.4, 0.5) is 0 Å². The summed E-state index contributed by atoms with van der Waals surface area (Å²) in [5.74, 6) is 1.43. The summed E-state index contributed by atoms with van der Waals surface area (Å²) in [4.78, 5) is 19.6. The zero-order chi connectivity index (χ0) is 17.2. The Morgan fingerprint density at radius 1 is 1.24 bits per heavy atom. The Morgan fingerprint density at radius 3 is 2.84 bits per heavy atom. The second-order valence-corrected chi connectivity index (χ2v) is 7.48. The number of nitrogens with zero attached hydrogens (tertiary/aromatic N) is 2. The molecular formula is C20H22N2O2S. The van der Waals surface area contributed by atoms with E-state index in [1.807, 2.05) is 34.5 Å². The molecule has 0 N–H and O–H groups in total. The Labute approximate surface area is 152 Å². The topological polar surface area (TPSA) is 42.4 Å². The maximum atomic E-state index is 13.0. The molecule has 2 heterocycles. The van der Waals surface area contributed by atoms with E-state index in [0.717, 1.165) is 35.7 Å². The molecule has 1 unspecified atom stereocenters. The van der Waals surface area contributed by atoms with Crippen LogP contribution in [0.2, 0.25) is 0 Å². The lowest BCUT2D eigenvalue weighted by atomic mass is 9.85. The lowest BCUT2D eigenvalue weighted by Crippen LogP contribution is -2.39. The molecule has 25 heavy (non-hydrogen) atoms. The van der Waals surface area contributed by atoms with E-state index in [0.29, 0.717) is 11.6 Å². The van der Waals surface area contributed by atoms with E-state index in [2.05, 4.69) is 11.1 Å². The second kappa shape index (κ2) is 7.00. The molecule has 2 aliphatic rings. The lowest BCUT2D eigenvalue weighted by Gasteiger charge is -2.37. The van der Waals surface area contributed by atoms with Gasteiger partial charge < -0.3 is 9.64 Å².